The van der Waals surface area contributed by atoms with Crippen molar-refractivity contribution in [2.45, 2.75) is 18.1 Å². The standard InChI is InChI=1S/C15H12F3N3O2S/c1-9-12(23-8-15(16,17)18)6-7-21(13(9)24-22)14-19-10-4-2-3-5-11(10)20-14/h2-7H,8H2,1H3,(H-,19,20,22)/p+1. The minimum absolute atomic E-state index is 0.0521. The highest BCUT2D eigenvalue weighted by Crippen LogP contribution is 2.27. The molecule has 1 aromatic carbocycles. The van der Waals surface area contributed by atoms with Gasteiger partial charge in [0.2, 0.25) is 0 Å². The van der Waals surface area contributed by atoms with E-state index in [1.165, 1.54) is 12.3 Å². The minimum Gasteiger partial charge on any atom is -0.484 e. The van der Waals surface area contributed by atoms with Crippen LogP contribution in [0.2, 0.25) is 0 Å². The lowest BCUT2D eigenvalue weighted by Gasteiger charge is -2.13. The number of halogens is 3. The third-order valence-corrected chi connectivity index (χ3v) is 4.04. The largest absolute Gasteiger partial charge is 0.484 e. The molecule has 126 valence electrons. The van der Waals surface area contributed by atoms with Crippen molar-refractivity contribution < 1.29 is 27.0 Å². The predicted octanol–water partition coefficient (Wildman–Crippen LogP) is 3.65. The second-order valence-corrected chi connectivity index (χ2v) is 5.62. The van der Waals surface area contributed by atoms with Gasteiger partial charge in [-0.05, 0) is 19.1 Å². The van der Waals surface area contributed by atoms with Gasteiger partial charge in [-0.1, -0.05) is 17.1 Å². The maximum Gasteiger partial charge on any atom is 0.422 e. The molecule has 0 aliphatic rings. The molecule has 24 heavy (non-hydrogen) atoms. The highest BCUT2D eigenvalue weighted by Gasteiger charge is 2.29. The molecule has 0 atom stereocenters. The van der Waals surface area contributed by atoms with Crippen LogP contribution in [0, 0.1) is 6.92 Å². The molecule has 0 aliphatic heterocycles. The van der Waals surface area contributed by atoms with Crippen LogP contribution in [0.5, 0.6) is 5.75 Å². The Morgan fingerprint density at radius 1 is 1.29 bits per heavy atom. The number of alkyl halides is 3. The van der Waals surface area contributed by atoms with Gasteiger partial charge in [0.05, 0.1) is 18.2 Å². The van der Waals surface area contributed by atoms with Crippen molar-refractivity contribution in [2.24, 2.45) is 0 Å². The molecule has 0 radical (unpaired) electrons. The second-order valence-electron chi connectivity index (χ2n) is 5.05. The van der Waals surface area contributed by atoms with Gasteiger partial charge in [-0.15, -0.1) is 0 Å². The number of fused-ring (bicyclic) bond motifs is 1. The lowest BCUT2D eigenvalue weighted by atomic mass is 10.3. The number of para-hydroxylation sites is 2. The normalized spacial score (nSPS) is 11.9. The number of nitrogens with one attached hydrogen (secondary N) is 1. The first-order valence-corrected chi connectivity index (χ1v) is 7.68. The molecule has 3 rings (SSSR count). The van der Waals surface area contributed by atoms with E-state index in [0.29, 0.717) is 28.6 Å². The van der Waals surface area contributed by atoms with Crippen LogP contribution in [0.3, 0.4) is 0 Å². The van der Waals surface area contributed by atoms with Crippen molar-refractivity contribution in [3.8, 4) is 11.7 Å². The molecule has 2 aromatic heterocycles. The van der Waals surface area contributed by atoms with Crippen molar-refractivity contribution in [1.82, 2.24) is 9.97 Å². The fraction of sp³-hybridized carbons (Fsp3) is 0.200. The Bertz CT molecular complexity index is 847. The first-order chi connectivity index (χ1) is 11.4. The van der Waals surface area contributed by atoms with E-state index in [-0.39, 0.29) is 5.75 Å². The lowest BCUT2D eigenvalue weighted by Crippen LogP contribution is -2.35. The summed E-state index contributed by atoms with van der Waals surface area (Å²) >= 11 is 0.416. The van der Waals surface area contributed by atoms with Crippen LogP contribution in [-0.4, -0.2) is 27.3 Å². The van der Waals surface area contributed by atoms with Gasteiger partial charge in [0.15, 0.2) is 17.1 Å². The average Bonchev–Trinajstić information content (AvgIpc) is 2.96. The smallest absolute Gasteiger partial charge is 0.422 e. The number of aromatic nitrogens is 3. The van der Waals surface area contributed by atoms with E-state index < -0.39 is 12.8 Å². The molecule has 0 fully saturated rings. The van der Waals surface area contributed by atoms with E-state index in [1.807, 2.05) is 24.3 Å². The summed E-state index contributed by atoms with van der Waals surface area (Å²) in [5.41, 5.74) is 1.93. The van der Waals surface area contributed by atoms with Crippen LogP contribution in [-0.2, 0) is 0 Å². The summed E-state index contributed by atoms with van der Waals surface area (Å²) in [6.07, 6.45) is -2.93. The zero-order chi connectivity index (χ0) is 17.3. The highest BCUT2D eigenvalue weighted by molar-refractivity contribution is 7.93. The van der Waals surface area contributed by atoms with E-state index in [9.17, 15) is 17.7 Å². The van der Waals surface area contributed by atoms with Gasteiger partial charge >= 0.3 is 12.1 Å². The van der Waals surface area contributed by atoms with Gasteiger partial charge in [0.1, 0.15) is 11.3 Å². The molecule has 0 spiro atoms. The molecule has 0 saturated carbocycles. The van der Waals surface area contributed by atoms with Crippen LogP contribution in [0.25, 0.3) is 17.0 Å². The topological polar surface area (TPSA) is 62.0 Å². The number of nitrogens with zero attached hydrogens (tertiary/aromatic N) is 2. The predicted molar refractivity (Wildman–Crippen MR) is 82.4 cm³/mol. The number of imidazole rings is 1. The molecule has 0 amide bonds. The van der Waals surface area contributed by atoms with Gasteiger partial charge in [0, 0.05) is 11.6 Å². The number of H-pyrrole nitrogens is 1. The molecule has 3 aromatic rings. The fourth-order valence-electron chi connectivity index (χ4n) is 2.27. The zero-order valence-electron chi connectivity index (χ0n) is 12.5. The van der Waals surface area contributed by atoms with E-state index in [1.54, 1.807) is 11.5 Å². The zero-order valence-corrected chi connectivity index (χ0v) is 13.3. The molecule has 0 aliphatic carbocycles. The Morgan fingerprint density at radius 2 is 2.04 bits per heavy atom. The number of hydrogen-bond donors (Lipinski definition) is 2. The van der Waals surface area contributed by atoms with Crippen molar-refractivity contribution in [1.29, 1.82) is 0 Å². The molecule has 2 N–H and O–H groups in total. The molecule has 0 saturated heterocycles. The fourth-order valence-corrected chi connectivity index (χ4v) is 2.74. The molecular formula is C15H13F3N3O2S+. The van der Waals surface area contributed by atoms with Crippen LogP contribution in [0.4, 0.5) is 13.2 Å². The Kier molecular flexibility index (Phi) is 4.37. The van der Waals surface area contributed by atoms with Crippen LogP contribution < -0.4 is 9.30 Å². The van der Waals surface area contributed by atoms with Gasteiger partial charge in [-0.25, -0.2) is 4.98 Å². The molecular weight excluding hydrogens is 343 g/mol. The second kappa shape index (κ2) is 6.33. The van der Waals surface area contributed by atoms with E-state index in [2.05, 4.69) is 9.97 Å². The monoisotopic (exact) mass is 356 g/mol. The Hall–Kier alpha value is -2.26. The molecule has 0 unspecified atom stereocenters. The Balaban J connectivity index is 2.01. The summed E-state index contributed by atoms with van der Waals surface area (Å²) < 4.78 is 52.9. The Morgan fingerprint density at radius 3 is 2.71 bits per heavy atom. The highest BCUT2D eigenvalue weighted by atomic mass is 32.2. The summed E-state index contributed by atoms with van der Waals surface area (Å²) in [6, 6.07) is 8.80. The van der Waals surface area contributed by atoms with E-state index in [0.717, 1.165) is 11.0 Å². The van der Waals surface area contributed by atoms with Crippen LogP contribution in [0.1, 0.15) is 5.56 Å². The van der Waals surface area contributed by atoms with E-state index in [4.69, 9.17) is 4.74 Å². The third-order valence-electron chi connectivity index (χ3n) is 3.37. The van der Waals surface area contributed by atoms with Gasteiger partial charge < -0.3 is 9.29 Å². The SMILES string of the molecule is Cc1c(OCC(F)(F)F)cc[n+](-c2nc3ccccc3[nH]2)c1SO. The lowest BCUT2D eigenvalue weighted by molar-refractivity contribution is -0.643. The van der Waals surface area contributed by atoms with Crippen molar-refractivity contribution in [3.63, 3.8) is 0 Å². The summed E-state index contributed by atoms with van der Waals surface area (Å²) in [6.45, 7) is 0.182. The van der Waals surface area contributed by atoms with Crippen molar-refractivity contribution >= 4 is 23.1 Å². The summed E-state index contributed by atoms with van der Waals surface area (Å²) in [5.74, 6) is 0.495. The molecule has 5 nitrogen and oxygen atoms in total. The molecule has 9 heteroatoms. The number of pyridine rings is 1. The van der Waals surface area contributed by atoms with Gasteiger partial charge in [-0.2, -0.15) is 17.7 Å². The van der Waals surface area contributed by atoms with Crippen LogP contribution >= 0.6 is 12.0 Å². The number of benzene rings is 1. The maximum atomic E-state index is 12.3. The quantitative estimate of drug-likeness (QED) is 0.553. The minimum atomic E-state index is -4.43. The van der Waals surface area contributed by atoms with Crippen LogP contribution in [0.15, 0.2) is 41.6 Å². The number of rotatable bonds is 4. The first kappa shape index (κ1) is 16.6. The number of ether oxygens (including phenoxy) is 1. The molecule has 2 heterocycles. The Labute approximate surface area is 139 Å². The summed E-state index contributed by atoms with van der Waals surface area (Å²) in [5, 5.41) is 0.314. The number of aromatic amines is 1. The van der Waals surface area contributed by atoms with Crippen molar-refractivity contribution in [3.05, 3.63) is 42.1 Å². The van der Waals surface area contributed by atoms with Gasteiger partial charge in [0.25, 0.3) is 0 Å². The third kappa shape index (κ3) is 3.31. The average molecular weight is 356 g/mol. The first-order valence-electron chi connectivity index (χ1n) is 6.90. The number of hydrogen-bond acceptors (Lipinski definition) is 4. The maximum absolute atomic E-state index is 12.3. The molecule has 0 bridgehead atoms. The summed E-state index contributed by atoms with van der Waals surface area (Å²) in [4.78, 5) is 7.51. The van der Waals surface area contributed by atoms with E-state index >= 15 is 0 Å². The van der Waals surface area contributed by atoms with Crippen molar-refractivity contribution in [2.75, 3.05) is 6.61 Å². The van der Waals surface area contributed by atoms with Gasteiger partial charge in [-0.3, -0.25) is 0 Å². The summed E-state index contributed by atoms with van der Waals surface area (Å²) in [7, 11) is 0.